The van der Waals surface area contributed by atoms with E-state index in [-0.39, 0.29) is 6.42 Å². The van der Waals surface area contributed by atoms with Gasteiger partial charge in [-0.3, -0.25) is 4.79 Å². The molecule has 0 aliphatic rings. The van der Waals surface area contributed by atoms with Gasteiger partial charge in [0.2, 0.25) is 0 Å². The lowest BCUT2D eigenvalue weighted by Crippen LogP contribution is -2.32. The quantitative estimate of drug-likeness (QED) is 0.644. The lowest BCUT2D eigenvalue weighted by atomic mass is 10.2. The topological polar surface area (TPSA) is 92.0 Å². The van der Waals surface area contributed by atoms with Crippen molar-refractivity contribution in [3.8, 4) is 0 Å². The number of H-pyrrole nitrogens is 1. The van der Waals surface area contributed by atoms with Gasteiger partial charge in [-0.15, -0.1) is 0 Å². The first-order valence-electron chi connectivity index (χ1n) is 4.57. The van der Waals surface area contributed by atoms with Gasteiger partial charge in [0.25, 0.3) is 0 Å². The minimum absolute atomic E-state index is 0.246. The van der Waals surface area contributed by atoms with Crippen LogP contribution in [0.15, 0.2) is 0 Å². The predicted molar refractivity (Wildman–Crippen MR) is 52.0 cm³/mol. The van der Waals surface area contributed by atoms with Gasteiger partial charge in [-0.05, 0) is 13.3 Å². The molecule has 5 nitrogen and oxygen atoms in total. The molecule has 1 atom stereocenters. The Hall–Kier alpha value is -1.36. The third-order valence-corrected chi connectivity index (χ3v) is 2.10. The molecular weight excluding hydrogens is 182 g/mol. The van der Waals surface area contributed by atoms with Crippen molar-refractivity contribution in [2.24, 2.45) is 5.73 Å². The molecule has 0 fully saturated rings. The zero-order valence-electron chi connectivity index (χ0n) is 8.37. The molecule has 14 heavy (non-hydrogen) atoms. The average Bonchev–Trinajstić information content (AvgIpc) is 2.45. The van der Waals surface area contributed by atoms with E-state index >= 15 is 0 Å². The van der Waals surface area contributed by atoms with Gasteiger partial charge >= 0.3 is 5.97 Å². The molecule has 0 aliphatic heterocycles. The molecule has 1 unspecified atom stereocenters. The highest BCUT2D eigenvalue weighted by molar-refractivity contribution is 5.73. The van der Waals surface area contributed by atoms with Crippen LogP contribution < -0.4 is 5.73 Å². The number of aromatic amines is 1. The Morgan fingerprint density at radius 1 is 1.71 bits per heavy atom. The van der Waals surface area contributed by atoms with E-state index in [4.69, 9.17) is 10.8 Å². The minimum atomic E-state index is -1.00. The number of nitrogens with zero attached hydrogens (tertiary/aromatic N) is 1. The van der Waals surface area contributed by atoms with Crippen molar-refractivity contribution >= 4 is 5.97 Å². The number of rotatable bonds is 4. The van der Waals surface area contributed by atoms with E-state index in [1.165, 1.54) is 0 Å². The Labute approximate surface area is 82.3 Å². The summed E-state index contributed by atoms with van der Waals surface area (Å²) in [7, 11) is 0. The number of hydrogen-bond donors (Lipinski definition) is 3. The highest BCUT2D eigenvalue weighted by Gasteiger charge is 2.15. The van der Waals surface area contributed by atoms with Crippen molar-refractivity contribution in [2.45, 2.75) is 32.7 Å². The number of nitrogens with one attached hydrogen (secondary N) is 1. The summed E-state index contributed by atoms with van der Waals surface area (Å²) < 4.78 is 0. The van der Waals surface area contributed by atoms with Gasteiger partial charge in [0.05, 0.1) is 5.69 Å². The Kier molecular flexibility index (Phi) is 3.24. The summed E-state index contributed by atoms with van der Waals surface area (Å²) in [5, 5.41) is 8.61. The molecule has 0 radical (unpaired) electrons. The highest BCUT2D eigenvalue weighted by atomic mass is 16.4. The first kappa shape index (κ1) is 10.7. The van der Waals surface area contributed by atoms with E-state index < -0.39 is 12.0 Å². The first-order chi connectivity index (χ1) is 6.54. The van der Waals surface area contributed by atoms with E-state index in [9.17, 15) is 4.79 Å². The zero-order valence-corrected chi connectivity index (χ0v) is 8.37. The van der Waals surface area contributed by atoms with Crippen molar-refractivity contribution in [1.82, 2.24) is 9.97 Å². The second-order valence-electron chi connectivity index (χ2n) is 3.26. The van der Waals surface area contributed by atoms with E-state index in [1.807, 2.05) is 13.8 Å². The molecule has 1 aromatic heterocycles. The maximum absolute atomic E-state index is 10.5. The number of hydrogen-bond acceptors (Lipinski definition) is 3. The largest absolute Gasteiger partial charge is 0.480 e. The average molecular weight is 197 g/mol. The normalized spacial score (nSPS) is 12.8. The van der Waals surface area contributed by atoms with Gasteiger partial charge < -0.3 is 15.8 Å². The van der Waals surface area contributed by atoms with Crippen molar-refractivity contribution < 1.29 is 9.90 Å². The number of carbonyl (C=O) groups is 1. The molecule has 0 aliphatic carbocycles. The first-order valence-corrected chi connectivity index (χ1v) is 4.57. The van der Waals surface area contributed by atoms with Gasteiger partial charge in [-0.2, -0.15) is 0 Å². The van der Waals surface area contributed by atoms with Crippen molar-refractivity contribution in [3.63, 3.8) is 0 Å². The molecule has 5 heteroatoms. The standard InChI is InChI=1S/C9H15N3O2/c1-3-7-5(2)11-8(12-7)4-6(10)9(13)14/h6H,3-4,10H2,1-2H3,(H,11,12)(H,13,14). The number of aryl methyl sites for hydroxylation is 2. The number of carboxylic acids is 1. The maximum atomic E-state index is 10.5. The van der Waals surface area contributed by atoms with Crippen LogP contribution in [0, 0.1) is 6.92 Å². The summed E-state index contributed by atoms with van der Waals surface area (Å²) in [5.74, 6) is -0.355. The van der Waals surface area contributed by atoms with Crippen LogP contribution in [-0.4, -0.2) is 27.1 Å². The Morgan fingerprint density at radius 3 is 2.79 bits per heavy atom. The Morgan fingerprint density at radius 2 is 2.36 bits per heavy atom. The lowest BCUT2D eigenvalue weighted by molar-refractivity contribution is -0.138. The summed E-state index contributed by atoms with van der Waals surface area (Å²) in [6, 6.07) is -0.884. The molecule has 0 saturated carbocycles. The molecule has 1 heterocycles. The highest BCUT2D eigenvalue weighted by Crippen LogP contribution is 2.06. The van der Waals surface area contributed by atoms with Crippen LogP contribution in [0.2, 0.25) is 0 Å². The summed E-state index contributed by atoms with van der Waals surface area (Å²) in [6.07, 6.45) is 1.08. The van der Waals surface area contributed by atoms with Crippen LogP contribution in [0.5, 0.6) is 0 Å². The minimum Gasteiger partial charge on any atom is -0.480 e. The summed E-state index contributed by atoms with van der Waals surface area (Å²) >= 11 is 0. The molecular formula is C9H15N3O2. The second-order valence-corrected chi connectivity index (χ2v) is 3.26. The Bertz CT molecular complexity index is 333. The summed E-state index contributed by atoms with van der Waals surface area (Å²) in [4.78, 5) is 17.8. The van der Waals surface area contributed by atoms with Crippen LogP contribution in [0.25, 0.3) is 0 Å². The molecule has 1 aromatic rings. The molecule has 4 N–H and O–H groups in total. The van der Waals surface area contributed by atoms with Crippen LogP contribution in [0.1, 0.15) is 24.1 Å². The van der Waals surface area contributed by atoms with E-state index in [0.29, 0.717) is 5.82 Å². The lowest BCUT2D eigenvalue weighted by Gasteiger charge is -2.02. The van der Waals surface area contributed by atoms with Crippen LogP contribution in [-0.2, 0) is 17.6 Å². The van der Waals surface area contributed by atoms with E-state index in [0.717, 1.165) is 17.8 Å². The van der Waals surface area contributed by atoms with Crippen molar-refractivity contribution in [1.29, 1.82) is 0 Å². The van der Waals surface area contributed by atoms with Gasteiger partial charge in [0, 0.05) is 12.1 Å². The molecule has 0 amide bonds. The predicted octanol–water partition coefficient (Wildman–Crippen LogP) is 0.235. The number of imidazole rings is 1. The molecule has 78 valence electrons. The van der Waals surface area contributed by atoms with Gasteiger partial charge in [-0.1, -0.05) is 6.92 Å². The molecule has 0 aromatic carbocycles. The SMILES string of the molecule is CCc1nc(CC(N)C(=O)O)[nH]c1C. The second kappa shape index (κ2) is 4.23. The summed E-state index contributed by atoms with van der Waals surface area (Å²) in [6.45, 7) is 3.92. The molecule has 0 saturated heterocycles. The van der Waals surface area contributed by atoms with E-state index in [1.54, 1.807) is 0 Å². The zero-order chi connectivity index (χ0) is 10.7. The van der Waals surface area contributed by atoms with Gasteiger partial charge in [0.15, 0.2) is 0 Å². The molecule has 0 bridgehead atoms. The van der Waals surface area contributed by atoms with Crippen LogP contribution in [0.3, 0.4) is 0 Å². The maximum Gasteiger partial charge on any atom is 0.320 e. The fourth-order valence-corrected chi connectivity index (χ4v) is 1.30. The van der Waals surface area contributed by atoms with Crippen LogP contribution >= 0.6 is 0 Å². The van der Waals surface area contributed by atoms with Crippen LogP contribution in [0.4, 0.5) is 0 Å². The van der Waals surface area contributed by atoms with Crippen molar-refractivity contribution in [2.75, 3.05) is 0 Å². The van der Waals surface area contributed by atoms with Gasteiger partial charge in [-0.25, -0.2) is 4.98 Å². The monoisotopic (exact) mass is 197 g/mol. The third kappa shape index (κ3) is 2.32. The number of nitrogens with two attached hydrogens (primary N) is 1. The molecule has 1 rings (SSSR count). The number of aliphatic carboxylic acids is 1. The smallest absolute Gasteiger partial charge is 0.320 e. The fourth-order valence-electron chi connectivity index (χ4n) is 1.30. The third-order valence-electron chi connectivity index (χ3n) is 2.10. The summed E-state index contributed by atoms with van der Waals surface area (Å²) in [5.41, 5.74) is 7.35. The van der Waals surface area contributed by atoms with E-state index in [2.05, 4.69) is 9.97 Å². The number of aromatic nitrogens is 2. The fraction of sp³-hybridized carbons (Fsp3) is 0.556. The van der Waals surface area contributed by atoms with Gasteiger partial charge in [0.1, 0.15) is 11.9 Å². The Balaban J connectivity index is 2.72. The molecule has 0 spiro atoms. The van der Waals surface area contributed by atoms with Crippen molar-refractivity contribution in [3.05, 3.63) is 17.2 Å². The number of carboxylic acid groups (broad SMARTS) is 1.